The monoisotopic (exact) mass is 491 g/mol. The molecule has 4 rings (SSSR count). The number of Topliss-reactive ketones (excluding diaryl/α,β-unsaturated/α-hetero) is 1. The maximum Gasteiger partial charge on any atom is 0.300 e. The number of aryl methyl sites for hydroxylation is 2. The fourth-order valence-corrected chi connectivity index (χ4v) is 4.19. The first-order chi connectivity index (χ1) is 15.3. The van der Waals surface area contributed by atoms with Crippen molar-refractivity contribution in [2.24, 2.45) is 0 Å². The van der Waals surface area contributed by atoms with Gasteiger partial charge in [0.25, 0.3) is 11.7 Å². The number of ketones is 1. The molecule has 1 heterocycles. The lowest BCUT2D eigenvalue weighted by Gasteiger charge is -2.27. The zero-order valence-electron chi connectivity index (χ0n) is 17.9. The van der Waals surface area contributed by atoms with Gasteiger partial charge in [0.1, 0.15) is 11.5 Å². The smallest absolute Gasteiger partial charge is 0.300 e. The minimum Gasteiger partial charge on any atom is -0.507 e. The average molecular weight is 492 g/mol. The molecule has 1 atom stereocenters. The van der Waals surface area contributed by atoms with E-state index in [2.05, 4.69) is 15.9 Å². The maximum atomic E-state index is 13.3. The van der Waals surface area contributed by atoms with E-state index in [1.54, 1.807) is 43.5 Å². The van der Waals surface area contributed by atoms with Crippen LogP contribution >= 0.6 is 15.9 Å². The molecule has 6 heteroatoms. The molecule has 0 saturated carbocycles. The number of benzene rings is 3. The Kier molecular flexibility index (Phi) is 5.89. The number of carbonyl (C=O) groups excluding carboxylic acids is 2. The highest BCUT2D eigenvalue weighted by Gasteiger charge is 2.47. The molecule has 162 valence electrons. The van der Waals surface area contributed by atoms with Crippen molar-refractivity contribution in [1.29, 1.82) is 0 Å². The second-order valence-electron chi connectivity index (χ2n) is 7.74. The largest absolute Gasteiger partial charge is 0.507 e. The summed E-state index contributed by atoms with van der Waals surface area (Å²) >= 11 is 3.38. The standard InChI is InChI=1S/C26H22BrNO4/c1-15-4-5-16(2)21(14-15)28-23(17-8-12-20(32-3)13-9-17)22(25(30)26(28)31)24(29)18-6-10-19(27)11-7-18/h4-14,23,29H,1-3H3/b24-22+. The summed E-state index contributed by atoms with van der Waals surface area (Å²) in [5, 5.41) is 11.2. The van der Waals surface area contributed by atoms with Gasteiger partial charge in [-0.1, -0.05) is 52.3 Å². The summed E-state index contributed by atoms with van der Waals surface area (Å²) in [4.78, 5) is 28.0. The topological polar surface area (TPSA) is 66.8 Å². The van der Waals surface area contributed by atoms with Crippen LogP contribution in [0.5, 0.6) is 5.75 Å². The summed E-state index contributed by atoms with van der Waals surface area (Å²) in [7, 11) is 1.57. The third-order valence-electron chi connectivity index (χ3n) is 5.62. The first-order valence-corrected chi connectivity index (χ1v) is 10.9. The molecule has 0 aliphatic carbocycles. The summed E-state index contributed by atoms with van der Waals surface area (Å²) in [6.07, 6.45) is 0. The molecule has 3 aromatic rings. The predicted molar refractivity (Wildman–Crippen MR) is 128 cm³/mol. The fraction of sp³-hybridized carbons (Fsp3) is 0.154. The number of amides is 1. The van der Waals surface area contributed by atoms with E-state index >= 15 is 0 Å². The molecule has 32 heavy (non-hydrogen) atoms. The number of hydrogen-bond acceptors (Lipinski definition) is 4. The van der Waals surface area contributed by atoms with Gasteiger partial charge in [0, 0.05) is 15.7 Å². The van der Waals surface area contributed by atoms with Crippen LogP contribution in [0.4, 0.5) is 5.69 Å². The van der Waals surface area contributed by atoms with E-state index in [-0.39, 0.29) is 11.3 Å². The fourth-order valence-electron chi connectivity index (χ4n) is 3.92. The van der Waals surface area contributed by atoms with Gasteiger partial charge in [0.15, 0.2) is 0 Å². The van der Waals surface area contributed by atoms with Crippen LogP contribution in [0.15, 0.2) is 76.8 Å². The SMILES string of the molecule is COc1ccc(C2/C(=C(\O)c3ccc(Br)cc3)C(=O)C(=O)N2c2cc(C)ccc2C)cc1. The molecule has 1 N–H and O–H groups in total. The third kappa shape index (κ3) is 3.82. The number of carbonyl (C=O) groups is 2. The quantitative estimate of drug-likeness (QED) is 0.288. The summed E-state index contributed by atoms with van der Waals surface area (Å²) in [6, 6.07) is 19.1. The van der Waals surface area contributed by atoms with Crippen LogP contribution in [0.1, 0.15) is 28.3 Å². The second-order valence-corrected chi connectivity index (χ2v) is 8.65. The first kappa shape index (κ1) is 21.8. The Hall–Kier alpha value is -3.38. The van der Waals surface area contributed by atoms with Gasteiger partial charge < -0.3 is 9.84 Å². The number of aliphatic hydroxyl groups is 1. The number of anilines is 1. The van der Waals surface area contributed by atoms with Gasteiger partial charge in [-0.15, -0.1) is 0 Å². The zero-order valence-corrected chi connectivity index (χ0v) is 19.5. The molecule has 1 aliphatic rings. The van der Waals surface area contributed by atoms with Gasteiger partial charge in [-0.2, -0.15) is 0 Å². The minimum atomic E-state index is -0.773. The van der Waals surface area contributed by atoms with Gasteiger partial charge in [0.05, 0.1) is 18.7 Å². The molecule has 1 fully saturated rings. The molecule has 1 amide bonds. The van der Waals surface area contributed by atoms with E-state index in [1.165, 1.54) is 4.90 Å². The zero-order chi connectivity index (χ0) is 23.0. The minimum absolute atomic E-state index is 0.0587. The van der Waals surface area contributed by atoms with Crippen LogP contribution in [0.3, 0.4) is 0 Å². The van der Waals surface area contributed by atoms with Crippen molar-refractivity contribution in [1.82, 2.24) is 0 Å². The van der Waals surface area contributed by atoms with Gasteiger partial charge in [0.2, 0.25) is 0 Å². The van der Waals surface area contributed by atoms with Crippen molar-refractivity contribution in [2.45, 2.75) is 19.9 Å². The normalized spacial score (nSPS) is 17.6. The number of rotatable bonds is 4. The van der Waals surface area contributed by atoms with E-state index in [9.17, 15) is 14.7 Å². The number of ether oxygens (including phenoxy) is 1. The van der Waals surface area contributed by atoms with Gasteiger partial charge in [-0.05, 0) is 60.9 Å². The van der Waals surface area contributed by atoms with E-state index in [0.717, 1.165) is 15.6 Å². The molecule has 0 radical (unpaired) electrons. The van der Waals surface area contributed by atoms with Crippen molar-refractivity contribution < 1.29 is 19.4 Å². The molecule has 3 aromatic carbocycles. The lowest BCUT2D eigenvalue weighted by molar-refractivity contribution is -0.132. The van der Waals surface area contributed by atoms with Crippen molar-refractivity contribution in [2.75, 3.05) is 12.0 Å². The highest BCUT2D eigenvalue weighted by atomic mass is 79.9. The Labute approximate surface area is 195 Å². The lowest BCUT2D eigenvalue weighted by Crippen LogP contribution is -2.30. The predicted octanol–water partition coefficient (Wildman–Crippen LogP) is 5.70. The third-order valence-corrected chi connectivity index (χ3v) is 6.15. The summed E-state index contributed by atoms with van der Waals surface area (Å²) in [6.45, 7) is 3.83. The Morgan fingerprint density at radius 3 is 2.25 bits per heavy atom. The molecule has 1 saturated heterocycles. The molecular weight excluding hydrogens is 470 g/mol. The maximum absolute atomic E-state index is 13.3. The Morgan fingerprint density at radius 2 is 1.62 bits per heavy atom. The van der Waals surface area contributed by atoms with Crippen LogP contribution in [-0.2, 0) is 9.59 Å². The highest BCUT2D eigenvalue weighted by Crippen LogP contribution is 2.43. The number of aliphatic hydroxyl groups excluding tert-OH is 1. The molecular formula is C26H22BrNO4. The van der Waals surface area contributed by atoms with Gasteiger partial charge in [-0.25, -0.2) is 0 Å². The Balaban J connectivity index is 1.96. The second kappa shape index (κ2) is 8.63. The van der Waals surface area contributed by atoms with Gasteiger partial charge in [-0.3, -0.25) is 14.5 Å². The summed E-state index contributed by atoms with van der Waals surface area (Å²) in [5.41, 5.74) is 3.69. The van der Waals surface area contributed by atoms with Crippen molar-refractivity contribution >= 4 is 39.1 Å². The van der Waals surface area contributed by atoms with Crippen molar-refractivity contribution in [3.05, 3.63) is 99.0 Å². The Bertz CT molecular complexity index is 1230. The Morgan fingerprint density at radius 1 is 0.969 bits per heavy atom. The first-order valence-electron chi connectivity index (χ1n) is 10.1. The molecule has 1 aliphatic heterocycles. The van der Waals surface area contributed by atoms with E-state index in [4.69, 9.17) is 4.74 Å². The van der Waals surface area contributed by atoms with E-state index < -0.39 is 17.7 Å². The van der Waals surface area contributed by atoms with Crippen LogP contribution < -0.4 is 9.64 Å². The molecule has 5 nitrogen and oxygen atoms in total. The lowest BCUT2D eigenvalue weighted by atomic mass is 9.94. The molecule has 0 bridgehead atoms. The van der Waals surface area contributed by atoms with Crippen LogP contribution in [-0.4, -0.2) is 23.9 Å². The van der Waals surface area contributed by atoms with Crippen LogP contribution in [0.25, 0.3) is 5.76 Å². The van der Waals surface area contributed by atoms with Crippen molar-refractivity contribution in [3.63, 3.8) is 0 Å². The molecule has 1 unspecified atom stereocenters. The number of nitrogens with zero attached hydrogens (tertiary/aromatic N) is 1. The molecule has 0 aromatic heterocycles. The summed E-state index contributed by atoms with van der Waals surface area (Å²) in [5.74, 6) is -0.930. The van der Waals surface area contributed by atoms with Crippen LogP contribution in [0, 0.1) is 13.8 Å². The highest BCUT2D eigenvalue weighted by molar-refractivity contribution is 9.10. The average Bonchev–Trinajstić information content (AvgIpc) is 3.06. The number of methoxy groups -OCH3 is 1. The summed E-state index contributed by atoms with van der Waals surface area (Å²) < 4.78 is 6.11. The van der Waals surface area contributed by atoms with Crippen molar-refractivity contribution in [3.8, 4) is 5.75 Å². The van der Waals surface area contributed by atoms with E-state index in [0.29, 0.717) is 22.6 Å². The van der Waals surface area contributed by atoms with Crippen LogP contribution in [0.2, 0.25) is 0 Å². The van der Waals surface area contributed by atoms with E-state index in [1.807, 2.05) is 44.2 Å². The number of hydrogen-bond donors (Lipinski definition) is 1. The van der Waals surface area contributed by atoms with Gasteiger partial charge >= 0.3 is 0 Å². The molecule has 0 spiro atoms. The number of halogens is 1.